The lowest BCUT2D eigenvalue weighted by atomic mass is 10.2. The molecule has 3 rings (SSSR count). The Labute approximate surface area is 111 Å². The highest BCUT2D eigenvalue weighted by atomic mass is 32.1. The Balaban J connectivity index is 2.02. The van der Waals surface area contributed by atoms with Gasteiger partial charge in [0.2, 0.25) is 5.13 Å². The Morgan fingerprint density at radius 3 is 2.79 bits per heavy atom. The fourth-order valence-corrected chi connectivity index (χ4v) is 1.95. The molecule has 8 heteroatoms. The van der Waals surface area contributed by atoms with E-state index in [4.69, 9.17) is 0 Å². The molecule has 0 amide bonds. The monoisotopic (exact) mass is 272 g/mol. The average molecular weight is 272 g/mol. The van der Waals surface area contributed by atoms with Gasteiger partial charge in [0.15, 0.2) is 5.69 Å². The number of aromatic nitrogens is 4. The van der Waals surface area contributed by atoms with Crippen molar-refractivity contribution >= 4 is 22.2 Å². The summed E-state index contributed by atoms with van der Waals surface area (Å²) in [5.74, 6) is 0. The van der Waals surface area contributed by atoms with Gasteiger partial charge in [-0.1, -0.05) is 6.07 Å². The molecule has 0 fully saturated rings. The quantitative estimate of drug-likeness (QED) is 0.717. The van der Waals surface area contributed by atoms with E-state index in [2.05, 4.69) is 30.4 Å². The van der Waals surface area contributed by atoms with Gasteiger partial charge in [0.05, 0.1) is 5.69 Å². The van der Waals surface area contributed by atoms with Crippen LogP contribution in [-0.4, -0.2) is 20.2 Å². The molecule has 0 aliphatic carbocycles. The van der Waals surface area contributed by atoms with E-state index in [1.165, 1.54) is 11.3 Å². The maximum absolute atomic E-state index is 11.7. The number of thiazole rings is 1. The molecule has 0 atom stereocenters. The lowest BCUT2D eigenvalue weighted by molar-refractivity contribution is 1.05. The van der Waals surface area contributed by atoms with Crippen LogP contribution in [0.3, 0.4) is 0 Å². The van der Waals surface area contributed by atoms with Crippen LogP contribution < -0.4 is 5.56 Å². The number of hydrogen-bond acceptors (Lipinski definition) is 6. The summed E-state index contributed by atoms with van der Waals surface area (Å²) in [4.78, 5) is 19.8. The number of hydrogen-bond donors (Lipinski definition) is 2. The van der Waals surface area contributed by atoms with Crippen LogP contribution in [0.15, 0.2) is 51.0 Å². The number of nitrogens with one attached hydrogen (secondary N) is 2. The molecule has 3 heterocycles. The molecule has 0 bridgehead atoms. The van der Waals surface area contributed by atoms with Crippen molar-refractivity contribution < 1.29 is 0 Å². The standard InChI is InChI=1S/C11H8N6OS/c18-10-9(15-17-11-13-5-6-19-11)8(14-16-10)7-3-1-2-4-12-7/h1-6H,(H2,14,16,18). The minimum Gasteiger partial charge on any atom is -0.294 e. The van der Waals surface area contributed by atoms with Gasteiger partial charge in [0, 0.05) is 17.8 Å². The zero-order chi connectivity index (χ0) is 13.1. The molecule has 0 spiro atoms. The van der Waals surface area contributed by atoms with Crippen LogP contribution in [0, 0.1) is 0 Å². The van der Waals surface area contributed by atoms with E-state index in [9.17, 15) is 4.79 Å². The summed E-state index contributed by atoms with van der Waals surface area (Å²) in [6.45, 7) is 0. The second kappa shape index (κ2) is 4.94. The summed E-state index contributed by atoms with van der Waals surface area (Å²) < 4.78 is 0. The highest BCUT2D eigenvalue weighted by molar-refractivity contribution is 7.13. The molecule has 0 radical (unpaired) electrons. The Kier molecular flexibility index (Phi) is 2.99. The molecule has 0 aliphatic heterocycles. The second-order valence-electron chi connectivity index (χ2n) is 3.53. The van der Waals surface area contributed by atoms with Gasteiger partial charge < -0.3 is 0 Å². The molecular formula is C11H8N6OS. The van der Waals surface area contributed by atoms with E-state index in [1.54, 1.807) is 29.9 Å². The summed E-state index contributed by atoms with van der Waals surface area (Å²) in [7, 11) is 0. The number of H-pyrrole nitrogens is 2. The minimum atomic E-state index is -0.346. The first-order valence-electron chi connectivity index (χ1n) is 5.38. The number of nitrogens with zero attached hydrogens (tertiary/aromatic N) is 4. The summed E-state index contributed by atoms with van der Waals surface area (Å²) >= 11 is 1.34. The van der Waals surface area contributed by atoms with Crippen molar-refractivity contribution in [1.29, 1.82) is 0 Å². The third-order valence-corrected chi connectivity index (χ3v) is 2.98. The Morgan fingerprint density at radius 2 is 2.05 bits per heavy atom. The molecule has 0 saturated heterocycles. The van der Waals surface area contributed by atoms with Gasteiger partial charge in [0.25, 0.3) is 5.56 Å². The number of aromatic amines is 2. The van der Waals surface area contributed by atoms with Crippen molar-refractivity contribution in [2.75, 3.05) is 0 Å². The summed E-state index contributed by atoms with van der Waals surface area (Å²) in [6.07, 6.45) is 3.27. The largest absolute Gasteiger partial charge is 0.294 e. The number of azo groups is 1. The third-order valence-electron chi connectivity index (χ3n) is 2.33. The average Bonchev–Trinajstić information content (AvgIpc) is 3.07. The maximum atomic E-state index is 11.7. The number of rotatable bonds is 3. The minimum absolute atomic E-state index is 0.189. The lowest BCUT2D eigenvalue weighted by Crippen LogP contribution is -1.96. The maximum Gasteiger partial charge on any atom is 0.292 e. The van der Waals surface area contributed by atoms with Gasteiger partial charge >= 0.3 is 0 Å². The first-order chi connectivity index (χ1) is 9.34. The molecule has 0 saturated carbocycles. The highest BCUT2D eigenvalue weighted by Crippen LogP contribution is 2.25. The molecule has 0 aromatic carbocycles. The third kappa shape index (κ3) is 2.33. The van der Waals surface area contributed by atoms with Crippen molar-refractivity contribution in [2.45, 2.75) is 0 Å². The predicted molar refractivity (Wildman–Crippen MR) is 70.9 cm³/mol. The van der Waals surface area contributed by atoms with Crippen LogP contribution in [0.5, 0.6) is 0 Å². The van der Waals surface area contributed by atoms with Crippen molar-refractivity contribution in [3.05, 3.63) is 46.3 Å². The predicted octanol–water partition coefficient (Wildman–Crippen LogP) is 2.64. The Hall–Kier alpha value is -2.61. The normalized spacial score (nSPS) is 11.2. The van der Waals surface area contributed by atoms with E-state index in [1.807, 2.05) is 6.07 Å². The molecular weight excluding hydrogens is 264 g/mol. The smallest absolute Gasteiger partial charge is 0.292 e. The first kappa shape index (κ1) is 11.5. The van der Waals surface area contributed by atoms with E-state index in [0.717, 1.165) is 0 Å². The van der Waals surface area contributed by atoms with Crippen LogP contribution in [0.4, 0.5) is 10.8 Å². The van der Waals surface area contributed by atoms with E-state index >= 15 is 0 Å². The molecule has 0 aliphatic rings. The summed E-state index contributed by atoms with van der Waals surface area (Å²) in [5, 5.41) is 15.4. The van der Waals surface area contributed by atoms with Crippen molar-refractivity contribution in [2.24, 2.45) is 10.2 Å². The van der Waals surface area contributed by atoms with Gasteiger partial charge in [-0.2, -0.15) is 0 Å². The van der Waals surface area contributed by atoms with E-state index in [-0.39, 0.29) is 11.2 Å². The van der Waals surface area contributed by atoms with Crippen molar-refractivity contribution in [3.63, 3.8) is 0 Å². The Morgan fingerprint density at radius 1 is 1.11 bits per heavy atom. The van der Waals surface area contributed by atoms with E-state index < -0.39 is 0 Å². The lowest BCUT2D eigenvalue weighted by Gasteiger charge is -1.95. The molecule has 3 aromatic rings. The zero-order valence-electron chi connectivity index (χ0n) is 9.57. The second-order valence-corrected chi connectivity index (χ2v) is 4.41. The van der Waals surface area contributed by atoms with Gasteiger partial charge in [-0.15, -0.1) is 21.6 Å². The Bertz CT molecular complexity index is 743. The number of pyridine rings is 1. The molecule has 7 nitrogen and oxygen atoms in total. The van der Waals surface area contributed by atoms with Crippen molar-refractivity contribution in [1.82, 2.24) is 20.2 Å². The van der Waals surface area contributed by atoms with Gasteiger partial charge in [-0.25, -0.2) is 4.98 Å². The van der Waals surface area contributed by atoms with Crippen LogP contribution in [0.25, 0.3) is 11.4 Å². The fraction of sp³-hybridized carbons (Fsp3) is 0. The van der Waals surface area contributed by atoms with Gasteiger partial charge in [0.1, 0.15) is 5.69 Å². The molecule has 3 aromatic heterocycles. The van der Waals surface area contributed by atoms with Crippen LogP contribution in [0.1, 0.15) is 0 Å². The molecule has 0 unspecified atom stereocenters. The van der Waals surface area contributed by atoms with Crippen molar-refractivity contribution in [3.8, 4) is 11.4 Å². The topological polar surface area (TPSA) is 99.2 Å². The van der Waals surface area contributed by atoms with Gasteiger partial charge in [-0.05, 0) is 12.1 Å². The zero-order valence-corrected chi connectivity index (χ0v) is 10.4. The van der Waals surface area contributed by atoms with Crippen LogP contribution in [-0.2, 0) is 0 Å². The molecule has 2 N–H and O–H groups in total. The van der Waals surface area contributed by atoms with Gasteiger partial charge in [-0.3, -0.25) is 20.0 Å². The SMILES string of the molecule is O=c1[nH][nH]c(-c2ccccn2)c1N=Nc1nccs1. The first-order valence-corrected chi connectivity index (χ1v) is 6.26. The molecule has 94 valence electrons. The van der Waals surface area contributed by atoms with E-state index in [0.29, 0.717) is 16.5 Å². The molecule has 19 heavy (non-hydrogen) atoms. The van der Waals surface area contributed by atoms with Crippen LogP contribution in [0.2, 0.25) is 0 Å². The highest BCUT2D eigenvalue weighted by Gasteiger charge is 2.12. The summed E-state index contributed by atoms with van der Waals surface area (Å²) in [5.41, 5.74) is 0.967. The van der Waals surface area contributed by atoms with Crippen LogP contribution >= 0.6 is 11.3 Å². The summed E-state index contributed by atoms with van der Waals surface area (Å²) in [6, 6.07) is 5.40. The fourth-order valence-electron chi connectivity index (χ4n) is 1.50.